The second kappa shape index (κ2) is 8.15. The Balaban J connectivity index is 1.59. The molecule has 1 aliphatic carbocycles. The summed E-state index contributed by atoms with van der Waals surface area (Å²) >= 11 is 1.23. The van der Waals surface area contributed by atoms with Crippen molar-refractivity contribution in [1.82, 2.24) is 14.6 Å². The van der Waals surface area contributed by atoms with Crippen LogP contribution in [0.4, 0.5) is 17.6 Å². The van der Waals surface area contributed by atoms with Gasteiger partial charge in [0.1, 0.15) is 6.17 Å². The Hall–Kier alpha value is -4.19. The zero-order chi connectivity index (χ0) is 27.2. The molecule has 2 atom stereocenters. The van der Waals surface area contributed by atoms with Crippen molar-refractivity contribution < 1.29 is 27.5 Å². The molecule has 4 aromatic rings. The first kappa shape index (κ1) is 23.9. The number of carbonyl (C=O) groups is 1. The summed E-state index contributed by atoms with van der Waals surface area (Å²) in [4.78, 5) is 32.0. The lowest BCUT2D eigenvalue weighted by molar-refractivity contribution is -0.0784. The van der Waals surface area contributed by atoms with Crippen molar-refractivity contribution in [2.75, 3.05) is 11.6 Å². The summed E-state index contributed by atoms with van der Waals surface area (Å²) in [6.07, 6.45) is -1.35. The number of rotatable bonds is 1. The monoisotopic (exact) mass is 554 g/mol. The van der Waals surface area contributed by atoms with Crippen molar-refractivity contribution in [1.29, 1.82) is 0 Å². The Morgan fingerprint density at radius 2 is 1.85 bits per heavy atom. The number of aromatic hydroxyl groups is 1. The largest absolute Gasteiger partial charge is 0.502 e. The molecule has 2 aromatic carbocycles. The highest BCUT2D eigenvalue weighted by Crippen LogP contribution is 2.51. The predicted octanol–water partition coefficient (Wildman–Crippen LogP) is 4.87. The first-order valence-electron chi connectivity index (χ1n) is 12.1. The molecule has 1 N–H and O–H groups in total. The van der Waals surface area contributed by atoms with Gasteiger partial charge in [-0.15, -0.1) is 11.3 Å². The van der Waals surface area contributed by atoms with Crippen LogP contribution in [0.15, 0.2) is 59.0 Å². The Labute approximate surface area is 222 Å². The maximum Gasteiger partial charge on any atom is 0.278 e. The van der Waals surface area contributed by atoms with E-state index in [-0.39, 0.29) is 29.1 Å². The van der Waals surface area contributed by atoms with E-state index >= 15 is 4.39 Å². The van der Waals surface area contributed by atoms with Crippen molar-refractivity contribution in [3.63, 3.8) is 0 Å². The molecule has 3 aliphatic rings. The zero-order valence-corrected chi connectivity index (χ0v) is 20.8. The van der Waals surface area contributed by atoms with E-state index in [1.54, 1.807) is 24.3 Å². The fourth-order valence-corrected chi connectivity index (χ4v) is 6.76. The van der Waals surface area contributed by atoms with E-state index in [0.29, 0.717) is 16.0 Å². The molecular weight excluding hydrogens is 536 g/mol. The fraction of sp³-hybridized carbons (Fsp3) is 0.222. The van der Waals surface area contributed by atoms with Gasteiger partial charge >= 0.3 is 0 Å². The van der Waals surface area contributed by atoms with Crippen LogP contribution in [0.3, 0.4) is 0 Å². The summed E-state index contributed by atoms with van der Waals surface area (Å²) in [6.45, 7) is -0.330. The molecule has 1 saturated heterocycles. The number of piperidine rings is 1. The van der Waals surface area contributed by atoms with Crippen LogP contribution in [-0.2, 0) is 0 Å². The highest BCUT2D eigenvalue weighted by atomic mass is 32.1. The number of amides is 1. The minimum absolute atomic E-state index is 0.120. The quantitative estimate of drug-likeness (QED) is 0.340. The van der Waals surface area contributed by atoms with Gasteiger partial charge in [-0.3, -0.25) is 19.3 Å². The van der Waals surface area contributed by atoms with Crippen LogP contribution in [0.2, 0.25) is 0 Å². The van der Waals surface area contributed by atoms with Crippen molar-refractivity contribution in [2.24, 2.45) is 0 Å². The van der Waals surface area contributed by atoms with Crippen LogP contribution >= 0.6 is 11.3 Å². The molecule has 4 heterocycles. The van der Waals surface area contributed by atoms with Gasteiger partial charge in [-0.25, -0.2) is 22.5 Å². The maximum absolute atomic E-state index is 15.6. The van der Waals surface area contributed by atoms with Gasteiger partial charge in [0.2, 0.25) is 5.43 Å². The second-order valence-electron chi connectivity index (χ2n) is 9.74. The molecule has 2 aliphatic heterocycles. The van der Waals surface area contributed by atoms with Gasteiger partial charge in [-0.05, 0) is 22.8 Å². The van der Waals surface area contributed by atoms with Crippen LogP contribution in [-0.4, -0.2) is 44.2 Å². The number of aromatic nitrogens is 2. The Kier molecular flexibility index (Phi) is 5.00. The summed E-state index contributed by atoms with van der Waals surface area (Å²) in [5.41, 5.74) is 1.86. The molecule has 0 unspecified atom stereocenters. The van der Waals surface area contributed by atoms with E-state index in [1.165, 1.54) is 43.7 Å². The van der Waals surface area contributed by atoms with Crippen molar-refractivity contribution in [2.45, 2.75) is 31.0 Å². The average molecular weight is 555 g/mol. The van der Waals surface area contributed by atoms with E-state index in [2.05, 4.69) is 4.98 Å². The van der Waals surface area contributed by atoms with Crippen LogP contribution in [0.5, 0.6) is 5.75 Å². The molecule has 1 amide bonds. The molecule has 7 nitrogen and oxygen atoms in total. The number of hydrogen-bond acceptors (Lipinski definition) is 6. The summed E-state index contributed by atoms with van der Waals surface area (Å²) in [5, 5.41) is 12.1. The normalized spacial score (nSPS) is 20.9. The summed E-state index contributed by atoms with van der Waals surface area (Å²) in [5.74, 6) is -6.95. The Bertz CT molecular complexity index is 1750. The zero-order valence-electron chi connectivity index (χ0n) is 19.9. The van der Waals surface area contributed by atoms with E-state index in [0.717, 1.165) is 12.1 Å². The standard InChI is InChI=1S/C27H18F4N4O3S/c28-16-6-5-15-19(20(16)29)21-25(39-12-32-21)14-4-2-1-3-13(14)22(15)35-18-11-27(30,31)8-10-33(18)26(38)23-24(37)17(36)7-9-34(23)35/h1-7,9,12,18,22,37H,8,10-11H2/t18-,22-/m1/s1. The SMILES string of the molecule is O=C1c2c(O)c(=O)ccn2N([C@@H]2c3ccccc3-c3scnc3-c3c2ccc(F)c3F)[C@@H]2CC(F)(F)CCN12. The molecular formula is C27H18F4N4O3S. The van der Waals surface area contributed by atoms with Crippen molar-refractivity contribution in [3.8, 4) is 27.4 Å². The van der Waals surface area contributed by atoms with Gasteiger partial charge in [0, 0.05) is 30.8 Å². The number of benzene rings is 2. The number of nitrogens with zero attached hydrogens (tertiary/aromatic N) is 4. The number of fused-ring (bicyclic) bond motifs is 7. The highest BCUT2D eigenvalue weighted by molar-refractivity contribution is 7.13. The molecule has 0 spiro atoms. The van der Waals surface area contributed by atoms with E-state index in [4.69, 9.17) is 0 Å². The highest BCUT2D eigenvalue weighted by Gasteiger charge is 2.52. The van der Waals surface area contributed by atoms with Crippen LogP contribution < -0.4 is 10.4 Å². The molecule has 0 radical (unpaired) electrons. The average Bonchev–Trinajstić information content (AvgIpc) is 3.35. The van der Waals surface area contributed by atoms with Crippen LogP contribution in [0, 0.1) is 11.6 Å². The molecule has 7 rings (SSSR count). The van der Waals surface area contributed by atoms with Crippen molar-refractivity contribution in [3.05, 3.63) is 92.9 Å². The lowest BCUT2D eigenvalue weighted by Crippen LogP contribution is -2.66. The number of hydrogen-bond donors (Lipinski definition) is 1. The maximum atomic E-state index is 15.6. The lowest BCUT2D eigenvalue weighted by Gasteiger charge is -2.53. The van der Waals surface area contributed by atoms with Gasteiger partial charge in [-0.1, -0.05) is 30.3 Å². The molecule has 1 fully saturated rings. The number of thiazole rings is 1. The minimum Gasteiger partial charge on any atom is -0.502 e. The minimum atomic E-state index is -3.13. The van der Waals surface area contributed by atoms with E-state index in [9.17, 15) is 27.9 Å². The molecule has 0 saturated carbocycles. The summed E-state index contributed by atoms with van der Waals surface area (Å²) < 4.78 is 61.3. The first-order valence-corrected chi connectivity index (χ1v) is 13.0. The van der Waals surface area contributed by atoms with Gasteiger partial charge in [-0.2, -0.15) is 0 Å². The van der Waals surface area contributed by atoms with Crippen molar-refractivity contribution >= 4 is 17.2 Å². The number of alkyl halides is 2. The predicted molar refractivity (Wildman–Crippen MR) is 134 cm³/mol. The Morgan fingerprint density at radius 3 is 2.67 bits per heavy atom. The molecule has 39 heavy (non-hydrogen) atoms. The first-order chi connectivity index (χ1) is 18.7. The van der Waals surface area contributed by atoms with Gasteiger partial charge < -0.3 is 10.0 Å². The van der Waals surface area contributed by atoms with Gasteiger partial charge in [0.25, 0.3) is 11.8 Å². The second-order valence-corrected chi connectivity index (χ2v) is 10.6. The smallest absolute Gasteiger partial charge is 0.278 e. The number of halogens is 4. The summed E-state index contributed by atoms with van der Waals surface area (Å²) in [6, 6.07) is 9.38. The molecule has 198 valence electrons. The van der Waals surface area contributed by atoms with E-state index < -0.39 is 59.7 Å². The van der Waals surface area contributed by atoms with Gasteiger partial charge in [0.05, 0.1) is 28.5 Å². The molecule has 12 heteroatoms. The molecule has 2 aromatic heterocycles. The third kappa shape index (κ3) is 3.30. The number of carbonyl (C=O) groups excluding carboxylic acids is 1. The number of pyridine rings is 1. The van der Waals surface area contributed by atoms with E-state index in [1.807, 2.05) is 0 Å². The third-order valence-electron chi connectivity index (χ3n) is 7.62. The van der Waals surface area contributed by atoms with Crippen LogP contribution in [0.1, 0.15) is 40.5 Å². The summed E-state index contributed by atoms with van der Waals surface area (Å²) in [7, 11) is 0. The molecule has 0 bridgehead atoms. The lowest BCUT2D eigenvalue weighted by atomic mass is 9.91. The fourth-order valence-electron chi connectivity index (χ4n) is 5.91. The van der Waals surface area contributed by atoms with Gasteiger partial charge in [0.15, 0.2) is 23.1 Å². The van der Waals surface area contributed by atoms with Crippen LogP contribution in [0.25, 0.3) is 21.7 Å². The topological polar surface area (TPSA) is 78.7 Å². The third-order valence-corrected chi connectivity index (χ3v) is 8.48. The Morgan fingerprint density at radius 1 is 1.05 bits per heavy atom.